The number of halogens is 1. The van der Waals surface area contributed by atoms with Crippen LogP contribution in [0, 0.1) is 6.92 Å². The third-order valence-corrected chi connectivity index (χ3v) is 5.56. The zero-order valence-electron chi connectivity index (χ0n) is 12.6. The molecule has 5 heteroatoms. The molecular formula is C15H25ClN4. The summed E-state index contributed by atoms with van der Waals surface area (Å²) in [5.74, 6) is 0. The highest BCUT2D eigenvalue weighted by Gasteiger charge is 2.40. The van der Waals surface area contributed by atoms with Gasteiger partial charge in [0.25, 0.3) is 0 Å². The zero-order valence-corrected chi connectivity index (χ0v) is 13.3. The average molecular weight is 297 g/mol. The van der Waals surface area contributed by atoms with E-state index in [0.717, 1.165) is 42.6 Å². The molecule has 1 aromatic rings. The molecule has 2 heterocycles. The van der Waals surface area contributed by atoms with E-state index in [1.807, 2.05) is 18.7 Å². The molecule has 2 fully saturated rings. The Balaban J connectivity index is 1.83. The van der Waals surface area contributed by atoms with Crippen LogP contribution in [0.2, 0.25) is 5.02 Å². The van der Waals surface area contributed by atoms with E-state index in [0.29, 0.717) is 5.54 Å². The monoisotopic (exact) mass is 296 g/mol. The first kappa shape index (κ1) is 14.4. The van der Waals surface area contributed by atoms with Crippen molar-refractivity contribution in [1.29, 1.82) is 0 Å². The predicted octanol–water partition coefficient (Wildman–Crippen LogP) is 2.49. The van der Waals surface area contributed by atoms with Crippen LogP contribution < -0.4 is 5.32 Å². The van der Waals surface area contributed by atoms with E-state index in [9.17, 15) is 0 Å². The second-order valence-electron chi connectivity index (χ2n) is 6.35. The number of nitrogens with zero attached hydrogens (tertiary/aromatic N) is 3. The minimum Gasteiger partial charge on any atom is -0.314 e. The number of hydrogen-bond donors (Lipinski definition) is 1. The number of aromatic nitrogens is 2. The Bertz CT molecular complexity index is 468. The van der Waals surface area contributed by atoms with E-state index < -0.39 is 0 Å². The fraction of sp³-hybridized carbons (Fsp3) is 0.800. The molecule has 0 bridgehead atoms. The Morgan fingerprint density at radius 1 is 1.30 bits per heavy atom. The Hall–Kier alpha value is -0.580. The fourth-order valence-electron chi connectivity index (χ4n) is 3.87. The standard InChI is InChI=1S/C15H25ClN4/c1-12-14(16)13(19(2)18-12)10-20-9-8-17-11-15(20)6-4-3-5-7-15/h17H,3-11H2,1-2H3. The molecule has 0 amide bonds. The third kappa shape index (κ3) is 2.49. The van der Waals surface area contributed by atoms with Crippen molar-refractivity contribution in [2.45, 2.75) is 51.1 Å². The quantitative estimate of drug-likeness (QED) is 0.910. The van der Waals surface area contributed by atoms with Gasteiger partial charge in [-0.1, -0.05) is 30.9 Å². The Labute approximate surface area is 126 Å². The smallest absolute Gasteiger partial charge is 0.0860 e. The van der Waals surface area contributed by atoms with Gasteiger partial charge in [-0.15, -0.1) is 0 Å². The summed E-state index contributed by atoms with van der Waals surface area (Å²) in [4.78, 5) is 2.66. The lowest BCUT2D eigenvalue weighted by Gasteiger charge is -2.50. The SMILES string of the molecule is Cc1nn(C)c(CN2CCNCC23CCCCC3)c1Cl. The summed E-state index contributed by atoms with van der Waals surface area (Å²) in [6, 6.07) is 0. The van der Waals surface area contributed by atoms with Crippen LogP contribution in [0.25, 0.3) is 0 Å². The summed E-state index contributed by atoms with van der Waals surface area (Å²) in [5, 5.41) is 8.89. The maximum atomic E-state index is 6.44. The maximum Gasteiger partial charge on any atom is 0.0860 e. The highest BCUT2D eigenvalue weighted by atomic mass is 35.5. The van der Waals surface area contributed by atoms with Gasteiger partial charge in [0.15, 0.2) is 0 Å². The van der Waals surface area contributed by atoms with Gasteiger partial charge in [-0.2, -0.15) is 5.10 Å². The number of piperazine rings is 1. The summed E-state index contributed by atoms with van der Waals surface area (Å²) in [6.07, 6.45) is 6.73. The lowest BCUT2D eigenvalue weighted by molar-refractivity contribution is 0.0191. The van der Waals surface area contributed by atoms with E-state index in [-0.39, 0.29) is 0 Å². The lowest BCUT2D eigenvalue weighted by atomic mass is 9.79. The Kier molecular flexibility index (Phi) is 4.07. The van der Waals surface area contributed by atoms with E-state index in [2.05, 4.69) is 15.3 Å². The van der Waals surface area contributed by atoms with Gasteiger partial charge in [0, 0.05) is 38.8 Å². The van der Waals surface area contributed by atoms with E-state index in [1.165, 1.54) is 32.1 Å². The average Bonchev–Trinajstić information content (AvgIpc) is 2.69. The molecule has 112 valence electrons. The molecule has 4 nitrogen and oxygen atoms in total. The van der Waals surface area contributed by atoms with E-state index in [1.54, 1.807) is 0 Å². The molecule has 1 aliphatic heterocycles. The number of nitrogens with one attached hydrogen (secondary N) is 1. The molecule has 3 rings (SSSR count). The van der Waals surface area contributed by atoms with Crippen molar-refractivity contribution in [3.63, 3.8) is 0 Å². The van der Waals surface area contributed by atoms with Crippen LogP contribution in [0.3, 0.4) is 0 Å². The van der Waals surface area contributed by atoms with Crippen molar-refractivity contribution in [2.75, 3.05) is 19.6 Å². The van der Waals surface area contributed by atoms with Gasteiger partial charge in [-0.3, -0.25) is 9.58 Å². The van der Waals surface area contributed by atoms with Crippen LogP contribution >= 0.6 is 11.6 Å². The second kappa shape index (κ2) is 5.66. The molecule has 0 atom stereocenters. The molecule has 1 spiro atoms. The van der Waals surface area contributed by atoms with Crippen LogP contribution in [-0.2, 0) is 13.6 Å². The molecule has 1 aliphatic carbocycles. The van der Waals surface area contributed by atoms with Gasteiger partial charge in [-0.05, 0) is 19.8 Å². The number of rotatable bonds is 2. The molecule has 0 unspecified atom stereocenters. The summed E-state index contributed by atoms with van der Waals surface area (Å²) < 4.78 is 1.95. The fourth-order valence-corrected chi connectivity index (χ4v) is 4.09. The van der Waals surface area contributed by atoms with Crippen LogP contribution in [0.1, 0.15) is 43.5 Å². The molecule has 0 aromatic carbocycles. The van der Waals surface area contributed by atoms with Gasteiger partial charge >= 0.3 is 0 Å². The molecular weight excluding hydrogens is 272 g/mol. The van der Waals surface area contributed by atoms with Crippen molar-refractivity contribution in [3.8, 4) is 0 Å². The van der Waals surface area contributed by atoms with Crippen molar-refractivity contribution < 1.29 is 0 Å². The first-order valence-electron chi connectivity index (χ1n) is 7.76. The molecule has 1 saturated carbocycles. The van der Waals surface area contributed by atoms with Crippen LogP contribution in [0.15, 0.2) is 0 Å². The first-order valence-corrected chi connectivity index (χ1v) is 8.14. The summed E-state index contributed by atoms with van der Waals surface area (Å²) in [7, 11) is 2.00. The molecule has 20 heavy (non-hydrogen) atoms. The zero-order chi connectivity index (χ0) is 14.2. The second-order valence-corrected chi connectivity index (χ2v) is 6.73. The van der Waals surface area contributed by atoms with Crippen LogP contribution in [0.5, 0.6) is 0 Å². The Morgan fingerprint density at radius 2 is 2.05 bits per heavy atom. The van der Waals surface area contributed by atoms with Gasteiger partial charge in [-0.25, -0.2) is 0 Å². The molecule has 1 N–H and O–H groups in total. The maximum absolute atomic E-state index is 6.44. The number of hydrogen-bond acceptors (Lipinski definition) is 3. The molecule has 1 saturated heterocycles. The van der Waals surface area contributed by atoms with Gasteiger partial charge in [0.1, 0.15) is 0 Å². The summed E-state index contributed by atoms with van der Waals surface area (Å²) >= 11 is 6.44. The van der Waals surface area contributed by atoms with Gasteiger partial charge in [0.05, 0.1) is 16.4 Å². The first-order chi connectivity index (χ1) is 9.62. The van der Waals surface area contributed by atoms with Crippen molar-refractivity contribution >= 4 is 11.6 Å². The normalized spacial score (nSPS) is 23.4. The third-order valence-electron chi connectivity index (χ3n) is 5.07. The molecule has 0 radical (unpaired) electrons. The van der Waals surface area contributed by atoms with E-state index >= 15 is 0 Å². The predicted molar refractivity (Wildman–Crippen MR) is 82.1 cm³/mol. The van der Waals surface area contributed by atoms with Crippen LogP contribution in [0.4, 0.5) is 0 Å². The van der Waals surface area contributed by atoms with Crippen molar-refractivity contribution in [2.24, 2.45) is 7.05 Å². The van der Waals surface area contributed by atoms with Gasteiger partial charge in [0.2, 0.25) is 0 Å². The largest absolute Gasteiger partial charge is 0.314 e. The van der Waals surface area contributed by atoms with Crippen molar-refractivity contribution in [3.05, 3.63) is 16.4 Å². The highest BCUT2D eigenvalue weighted by Crippen LogP contribution is 2.36. The highest BCUT2D eigenvalue weighted by molar-refractivity contribution is 6.31. The number of aryl methyl sites for hydroxylation is 2. The summed E-state index contributed by atoms with van der Waals surface area (Å²) in [6.45, 7) is 6.23. The topological polar surface area (TPSA) is 33.1 Å². The van der Waals surface area contributed by atoms with E-state index in [4.69, 9.17) is 11.6 Å². The Morgan fingerprint density at radius 3 is 2.70 bits per heavy atom. The lowest BCUT2D eigenvalue weighted by Crippen LogP contribution is -2.61. The molecule has 1 aromatic heterocycles. The minimum atomic E-state index is 0.345. The van der Waals surface area contributed by atoms with Crippen molar-refractivity contribution in [1.82, 2.24) is 20.0 Å². The summed E-state index contributed by atoms with van der Waals surface area (Å²) in [5.41, 5.74) is 2.45. The van der Waals surface area contributed by atoms with Gasteiger partial charge < -0.3 is 5.32 Å². The minimum absolute atomic E-state index is 0.345. The molecule has 2 aliphatic rings. The van der Waals surface area contributed by atoms with Crippen LogP contribution in [-0.4, -0.2) is 39.9 Å².